The van der Waals surface area contributed by atoms with Crippen molar-refractivity contribution < 1.29 is 14.3 Å². The van der Waals surface area contributed by atoms with Crippen LogP contribution in [0.4, 0.5) is 4.79 Å². The number of ether oxygens (including phenoxy) is 2. The van der Waals surface area contributed by atoms with Crippen LogP contribution in [0.1, 0.15) is 18.9 Å². The average molecular weight is 251 g/mol. The number of amides is 1. The van der Waals surface area contributed by atoms with Gasteiger partial charge < -0.3 is 14.4 Å². The summed E-state index contributed by atoms with van der Waals surface area (Å²) in [5.74, 6) is 0. The second-order valence-corrected chi connectivity index (χ2v) is 4.01. The lowest BCUT2D eigenvalue weighted by atomic mass is 10.2. The summed E-state index contributed by atoms with van der Waals surface area (Å²) in [7, 11) is 1.74. The smallest absolute Gasteiger partial charge is 0.409 e. The van der Waals surface area contributed by atoms with Crippen molar-refractivity contribution >= 4 is 6.09 Å². The van der Waals surface area contributed by atoms with Crippen molar-refractivity contribution in [2.24, 2.45) is 0 Å². The Morgan fingerprint density at radius 3 is 2.67 bits per heavy atom. The van der Waals surface area contributed by atoms with Crippen molar-refractivity contribution in [1.29, 1.82) is 0 Å². The number of benzene rings is 1. The summed E-state index contributed by atoms with van der Waals surface area (Å²) in [5.41, 5.74) is 0.994. The fraction of sp³-hybridized carbons (Fsp3) is 0.500. The summed E-state index contributed by atoms with van der Waals surface area (Å²) >= 11 is 0. The molecule has 0 bridgehead atoms. The lowest BCUT2D eigenvalue weighted by Crippen LogP contribution is -2.29. The molecule has 1 aromatic carbocycles. The average Bonchev–Trinajstić information content (AvgIpc) is 2.42. The fourth-order valence-corrected chi connectivity index (χ4v) is 1.47. The van der Waals surface area contributed by atoms with Gasteiger partial charge in [0.2, 0.25) is 0 Å². The van der Waals surface area contributed by atoms with E-state index in [4.69, 9.17) is 9.47 Å². The maximum atomic E-state index is 11.6. The van der Waals surface area contributed by atoms with Crippen LogP contribution in [0.5, 0.6) is 0 Å². The zero-order valence-electron chi connectivity index (χ0n) is 11.1. The molecule has 0 radical (unpaired) electrons. The predicted molar refractivity (Wildman–Crippen MR) is 70.4 cm³/mol. The van der Waals surface area contributed by atoms with Crippen LogP contribution in [0.3, 0.4) is 0 Å². The first-order valence-corrected chi connectivity index (χ1v) is 6.23. The van der Waals surface area contributed by atoms with E-state index in [1.165, 1.54) is 0 Å². The predicted octanol–water partition coefficient (Wildman–Crippen LogP) is 2.68. The topological polar surface area (TPSA) is 38.8 Å². The highest BCUT2D eigenvalue weighted by molar-refractivity contribution is 5.67. The van der Waals surface area contributed by atoms with E-state index in [2.05, 4.69) is 0 Å². The van der Waals surface area contributed by atoms with Gasteiger partial charge in [-0.1, -0.05) is 30.3 Å². The van der Waals surface area contributed by atoms with E-state index in [1.54, 1.807) is 11.9 Å². The first-order valence-electron chi connectivity index (χ1n) is 6.23. The summed E-state index contributed by atoms with van der Waals surface area (Å²) in [6, 6.07) is 9.65. The van der Waals surface area contributed by atoms with Gasteiger partial charge in [-0.3, -0.25) is 0 Å². The maximum absolute atomic E-state index is 11.6. The number of hydrogen-bond donors (Lipinski definition) is 0. The van der Waals surface area contributed by atoms with Crippen LogP contribution in [-0.4, -0.2) is 37.8 Å². The van der Waals surface area contributed by atoms with E-state index in [0.717, 1.165) is 12.0 Å². The second-order valence-electron chi connectivity index (χ2n) is 4.01. The number of nitrogens with zero attached hydrogens (tertiary/aromatic N) is 1. The molecule has 100 valence electrons. The molecule has 0 saturated heterocycles. The van der Waals surface area contributed by atoms with Crippen LogP contribution in [0, 0.1) is 0 Å². The van der Waals surface area contributed by atoms with Gasteiger partial charge in [-0.2, -0.15) is 0 Å². The van der Waals surface area contributed by atoms with E-state index < -0.39 is 0 Å². The van der Waals surface area contributed by atoms with E-state index >= 15 is 0 Å². The monoisotopic (exact) mass is 251 g/mol. The summed E-state index contributed by atoms with van der Waals surface area (Å²) < 4.78 is 10.4. The molecule has 0 spiro atoms. The minimum absolute atomic E-state index is 0.296. The van der Waals surface area contributed by atoms with Crippen molar-refractivity contribution in [3.8, 4) is 0 Å². The Bertz CT molecular complexity index is 340. The summed E-state index contributed by atoms with van der Waals surface area (Å²) in [6.45, 7) is 4.30. The molecule has 0 N–H and O–H groups in total. The lowest BCUT2D eigenvalue weighted by Gasteiger charge is -2.16. The van der Waals surface area contributed by atoms with Gasteiger partial charge in [-0.05, 0) is 18.9 Å². The molecule has 18 heavy (non-hydrogen) atoms. The quantitative estimate of drug-likeness (QED) is 0.699. The van der Waals surface area contributed by atoms with E-state index in [0.29, 0.717) is 26.4 Å². The van der Waals surface area contributed by atoms with Crippen LogP contribution in [0.2, 0.25) is 0 Å². The van der Waals surface area contributed by atoms with Crippen LogP contribution in [0.25, 0.3) is 0 Å². The highest BCUT2D eigenvalue weighted by Gasteiger charge is 2.09. The third kappa shape index (κ3) is 5.68. The number of rotatable bonds is 7. The molecule has 0 unspecified atom stereocenters. The molecule has 0 aliphatic rings. The van der Waals surface area contributed by atoms with Crippen molar-refractivity contribution in [3.63, 3.8) is 0 Å². The van der Waals surface area contributed by atoms with Crippen molar-refractivity contribution in [1.82, 2.24) is 4.90 Å². The first-order chi connectivity index (χ1) is 8.74. The standard InChI is InChI=1S/C14H21NO3/c1-3-17-11-7-10-15(2)14(16)18-12-13-8-5-4-6-9-13/h4-6,8-9H,3,7,10-12H2,1-2H3. The Labute approximate surface area is 108 Å². The van der Waals surface area contributed by atoms with E-state index in [1.807, 2.05) is 37.3 Å². The highest BCUT2D eigenvalue weighted by Crippen LogP contribution is 2.02. The zero-order valence-corrected chi connectivity index (χ0v) is 11.1. The SMILES string of the molecule is CCOCCCN(C)C(=O)OCc1ccccc1. The van der Waals surface area contributed by atoms with Gasteiger partial charge in [-0.25, -0.2) is 4.79 Å². The van der Waals surface area contributed by atoms with Crippen LogP contribution in [-0.2, 0) is 16.1 Å². The van der Waals surface area contributed by atoms with Crippen molar-refractivity contribution in [2.45, 2.75) is 20.0 Å². The van der Waals surface area contributed by atoms with Crippen molar-refractivity contribution in [2.75, 3.05) is 26.8 Å². The maximum Gasteiger partial charge on any atom is 0.409 e. The summed E-state index contributed by atoms with van der Waals surface area (Å²) in [4.78, 5) is 13.2. The van der Waals surface area contributed by atoms with Crippen LogP contribution >= 0.6 is 0 Å². The minimum atomic E-state index is -0.296. The fourth-order valence-electron chi connectivity index (χ4n) is 1.47. The van der Waals surface area contributed by atoms with Gasteiger partial charge in [0.05, 0.1) is 0 Å². The molecule has 0 atom stereocenters. The van der Waals surface area contributed by atoms with Crippen LogP contribution < -0.4 is 0 Å². The Morgan fingerprint density at radius 2 is 2.00 bits per heavy atom. The molecule has 1 aromatic rings. The minimum Gasteiger partial charge on any atom is -0.445 e. The van der Waals surface area contributed by atoms with Gasteiger partial charge in [0, 0.05) is 26.8 Å². The third-order valence-corrected chi connectivity index (χ3v) is 2.50. The number of carbonyl (C=O) groups is 1. The zero-order chi connectivity index (χ0) is 13.2. The Balaban J connectivity index is 2.19. The van der Waals surface area contributed by atoms with Gasteiger partial charge >= 0.3 is 6.09 Å². The van der Waals surface area contributed by atoms with Crippen LogP contribution in [0.15, 0.2) is 30.3 Å². The molecule has 1 rings (SSSR count). The van der Waals surface area contributed by atoms with Gasteiger partial charge in [0.25, 0.3) is 0 Å². The number of hydrogen-bond acceptors (Lipinski definition) is 3. The molecule has 4 heteroatoms. The molecule has 1 amide bonds. The molecule has 4 nitrogen and oxygen atoms in total. The molecule has 0 heterocycles. The normalized spacial score (nSPS) is 10.1. The van der Waals surface area contributed by atoms with Gasteiger partial charge in [0.15, 0.2) is 0 Å². The lowest BCUT2D eigenvalue weighted by molar-refractivity contribution is 0.0963. The van der Waals surface area contributed by atoms with Gasteiger partial charge in [0.1, 0.15) is 6.61 Å². The second kappa shape index (κ2) is 8.53. The molecular weight excluding hydrogens is 230 g/mol. The van der Waals surface area contributed by atoms with Gasteiger partial charge in [-0.15, -0.1) is 0 Å². The molecule has 0 saturated carbocycles. The molecule has 0 aliphatic heterocycles. The molecular formula is C14H21NO3. The molecule has 0 fully saturated rings. The summed E-state index contributed by atoms with van der Waals surface area (Å²) in [5, 5.41) is 0. The van der Waals surface area contributed by atoms with E-state index in [-0.39, 0.29) is 6.09 Å². The molecule has 0 aromatic heterocycles. The Kier molecular flexibility index (Phi) is 6.87. The summed E-state index contributed by atoms with van der Waals surface area (Å²) in [6.07, 6.45) is 0.528. The highest BCUT2D eigenvalue weighted by atomic mass is 16.6. The van der Waals surface area contributed by atoms with Crippen molar-refractivity contribution in [3.05, 3.63) is 35.9 Å². The largest absolute Gasteiger partial charge is 0.445 e. The Hall–Kier alpha value is -1.55. The first kappa shape index (κ1) is 14.5. The number of carbonyl (C=O) groups excluding carboxylic acids is 1. The molecule has 0 aliphatic carbocycles. The third-order valence-electron chi connectivity index (χ3n) is 2.50. The Morgan fingerprint density at radius 1 is 1.28 bits per heavy atom. The van der Waals surface area contributed by atoms with E-state index in [9.17, 15) is 4.79 Å².